The van der Waals surface area contributed by atoms with Crippen LogP contribution in [0.1, 0.15) is 11.1 Å². The van der Waals surface area contributed by atoms with Crippen LogP contribution in [0.2, 0.25) is 0 Å². The van der Waals surface area contributed by atoms with E-state index in [0.717, 1.165) is 28.8 Å². The highest BCUT2D eigenvalue weighted by Gasteiger charge is 2.31. The third-order valence-electron chi connectivity index (χ3n) is 3.37. The van der Waals surface area contributed by atoms with Crippen LogP contribution < -0.4 is 10.1 Å². The second kappa shape index (κ2) is 6.23. The number of amides is 2. The molecular formula is C17H15NO3S. The van der Waals surface area contributed by atoms with Gasteiger partial charge in [-0.25, -0.2) is 0 Å². The first-order valence-corrected chi connectivity index (χ1v) is 7.83. The smallest absolute Gasteiger partial charge is 0.286 e. The fraction of sp³-hybridized carbons (Fsp3) is 0.176. The van der Waals surface area contributed by atoms with E-state index in [-0.39, 0.29) is 16.4 Å². The average Bonchev–Trinajstić information content (AvgIpc) is 2.81. The van der Waals surface area contributed by atoms with Gasteiger partial charge in [0.15, 0.2) is 0 Å². The Bertz CT molecular complexity index is 695. The lowest BCUT2D eigenvalue weighted by Crippen LogP contribution is -2.25. The first-order chi connectivity index (χ1) is 10.6. The van der Waals surface area contributed by atoms with Crippen LogP contribution in [0.4, 0.5) is 4.79 Å². The number of hydrogen-bond donors (Lipinski definition) is 1. The largest absolute Gasteiger partial charge is 0.457 e. The van der Waals surface area contributed by atoms with Crippen molar-refractivity contribution in [3.63, 3.8) is 0 Å². The Morgan fingerprint density at radius 1 is 1.00 bits per heavy atom. The lowest BCUT2D eigenvalue weighted by molar-refractivity contribution is -0.118. The van der Waals surface area contributed by atoms with Crippen LogP contribution in [-0.4, -0.2) is 16.4 Å². The van der Waals surface area contributed by atoms with Crippen LogP contribution in [0.15, 0.2) is 48.5 Å². The number of imide groups is 1. The van der Waals surface area contributed by atoms with E-state index in [2.05, 4.69) is 5.32 Å². The predicted molar refractivity (Wildman–Crippen MR) is 86.3 cm³/mol. The Labute approximate surface area is 132 Å². The average molecular weight is 313 g/mol. The molecule has 112 valence electrons. The summed E-state index contributed by atoms with van der Waals surface area (Å²) in [5.41, 5.74) is 2.18. The monoisotopic (exact) mass is 313 g/mol. The molecule has 4 nitrogen and oxygen atoms in total. The van der Waals surface area contributed by atoms with Crippen LogP contribution in [-0.2, 0) is 11.2 Å². The lowest BCUT2D eigenvalue weighted by Gasteiger charge is -2.08. The van der Waals surface area contributed by atoms with Gasteiger partial charge in [0.1, 0.15) is 11.5 Å². The number of benzene rings is 2. The summed E-state index contributed by atoms with van der Waals surface area (Å²) in [4.78, 5) is 22.7. The van der Waals surface area contributed by atoms with Gasteiger partial charge in [-0.1, -0.05) is 41.6 Å². The highest BCUT2D eigenvalue weighted by atomic mass is 32.2. The predicted octanol–water partition coefficient (Wildman–Crippen LogP) is 3.68. The van der Waals surface area contributed by atoms with Crippen molar-refractivity contribution < 1.29 is 14.3 Å². The Morgan fingerprint density at radius 2 is 1.59 bits per heavy atom. The molecule has 5 heteroatoms. The summed E-state index contributed by atoms with van der Waals surface area (Å²) in [6.07, 6.45) is 0.535. The zero-order chi connectivity index (χ0) is 15.5. The molecule has 2 aromatic rings. The van der Waals surface area contributed by atoms with Crippen molar-refractivity contribution in [2.24, 2.45) is 0 Å². The zero-order valence-electron chi connectivity index (χ0n) is 12.0. The number of carbonyl (C=O) groups is 2. The number of hydrogen-bond acceptors (Lipinski definition) is 4. The lowest BCUT2D eigenvalue weighted by atomic mass is 10.1. The van der Waals surface area contributed by atoms with Crippen molar-refractivity contribution in [2.75, 3.05) is 0 Å². The van der Waals surface area contributed by atoms with E-state index < -0.39 is 0 Å². The molecule has 2 amide bonds. The standard InChI is InChI=1S/C17H15NO3S/c1-11-2-6-13(7-3-11)21-14-8-4-12(5-9-14)10-15-16(19)18-17(20)22-15/h2-9,15H,10H2,1H3,(H,18,19,20). The van der Waals surface area contributed by atoms with E-state index in [1.807, 2.05) is 55.5 Å². The summed E-state index contributed by atoms with van der Waals surface area (Å²) in [5, 5.41) is 1.69. The zero-order valence-corrected chi connectivity index (χ0v) is 12.9. The highest BCUT2D eigenvalue weighted by Crippen LogP contribution is 2.25. The van der Waals surface area contributed by atoms with Gasteiger partial charge in [0.05, 0.1) is 5.25 Å². The van der Waals surface area contributed by atoms with Gasteiger partial charge < -0.3 is 4.74 Å². The summed E-state index contributed by atoms with van der Waals surface area (Å²) >= 11 is 1.05. The van der Waals surface area contributed by atoms with Crippen LogP contribution in [0.3, 0.4) is 0 Å². The number of rotatable bonds is 4. The molecule has 22 heavy (non-hydrogen) atoms. The molecule has 0 saturated carbocycles. The summed E-state index contributed by atoms with van der Waals surface area (Å²) in [6.45, 7) is 2.03. The Kier molecular flexibility index (Phi) is 4.15. The van der Waals surface area contributed by atoms with Gasteiger partial charge in [-0.3, -0.25) is 14.9 Å². The van der Waals surface area contributed by atoms with E-state index in [9.17, 15) is 9.59 Å². The fourth-order valence-electron chi connectivity index (χ4n) is 2.18. The van der Waals surface area contributed by atoms with E-state index in [4.69, 9.17) is 4.74 Å². The second-order valence-electron chi connectivity index (χ2n) is 5.15. The maximum atomic E-state index is 11.5. The van der Waals surface area contributed by atoms with Crippen LogP contribution >= 0.6 is 11.8 Å². The van der Waals surface area contributed by atoms with Gasteiger partial charge in [0.25, 0.3) is 5.24 Å². The summed E-state index contributed by atoms with van der Waals surface area (Å²) < 4.78 is 5.76. The van der Waals surface area contributed by atoms with Gasteiger partial charge in [0, 0.05) is 0 Å². The fourth-order valence-corrected chi connectivity index (χ4v) is 3.04. The second-order valence-corrected chi connectivity index (χ2v) is 6.32. The Morgan fingerprint density at radius 3 is 2.14 bits per heavy atom. The summed E-state index contributed by atoms with van der Waals surface area (Å²) in [5.74, 6) is 1.32. The summed E-state index contributed by atoms with van der Waals surface area (Å²) in [6, 6.07) is 15.4. The number of aryl methyl sites for hydroxylation is 1. The third kappa shape index (κ3) is 3.49. The molecule has 1 N–H and O–H groups in total. The normalized spacial score (nSPS) is 17.4. The minimum absolute atomic E-state index is 0.213. The van der Waals surface area contributed by atoms with E-state index >= 15 is 0 Å². The molecule has 0 bridgehead atoms. The van der Waals surface area contributed by atoms with Crippen molar-refractivity contribution in [3.8, 4) is 11.5 Å². The molecular weight excluding hydrogens is 298 g/mol. The maximum Gasteiger partial charge on any atom is 0.286 e. The van der Waals surface area contributed by atoms with Gasteiger partial charge in [-0.05, 0) is 43.2 Å². The van der Waals surface area contributed by atoms with Gasteiger partial charge in [-0.15, -0.1) is 0 Å². The molecule has 1 aliphatic rings. The molecule has 1 fully saturated rings. The minimum atomic E-state index is -0.337. The SMILES string of the molecule is Cc1ccc(Oc2ccc(CC3SC(=O)NC3=O)cc2)cc1. The Balaban J connectivity index is 1.64. The topological polar surface area (TPSA) is 55.4 Å². The molecule has 1 aliphatic heterocycles. The highest BCUT2D eigenvalue weighted by molar-refractivity contribution is 8.15. The number of nitrogens with one attached hydrogen (secondary N) is 1. The maximum absolute atomic E-state index is 11.5. The van der Waals surface area contributed by atoms with Crippen molar-refractivity contribution in [3.05, 3.63) is 59.7 Å². The van der Waals surface area contributed by atoms with Gasteiger partial charge >= 0.3 is 0 Å². The molecule has 1 atom stereocenters. The van der Waals surface area contributed by atoms with Crippen molar-refractivity contribution in [2.45, 2.75) is 18.6 Å². The summed E-state index contributed by atoms with van der Waals surface area (Å²) in [7, 11) is 0. The molecule has 1 heterocycles. The van der Waals surface area contributed by atoms with Crippen LogP contribution in [0.5, 0.6) is 11.5 Å². The van der Waals surface area contributed by atoms with Crippen molar-refractivity contribution in [1.82, 2.24) is 5.32 Å². The van der Waals surface area contributed by atoms with Gasteiger partial charge in [-0.2, -0.15) is 0 Å². The van der Waals surface area contributed by atoms with E-state index in [1.54, 1.807) is 0 Å². The van der Waals surface area contributed by atoms with Crippen LogP contribution in [0.25, 0.3) is 0 Å². The molecule has 0 aliphatic carbocycles. The van der Waals surface area contributed by atoms with Crippen LogP contribution in [0, 0.1) is 6.92 Å². The molecule has 0 radical (unpaired) electrons. The number of ether oxygens (including phenoxy) is 1. The van der Waals surface area contributed by atoms with Gasteiger partial charge in [0.2, 0.25) is 5.91 Å². The van der Waals surface area contributed by atoms with Crippen molar-refractivity contribution >= 4 is 22.9 Å². The molecule has 1 unspecified atom stereocenters. The first-order valence-electron chi connectivity index (χ1n) is 6.95. The molecule has 1 saturated heterocycles. The first kappa shape index (κ1) is 14.7. The molecule has 3 rings (SSSR count). The third-order valence-corrected chi connectivity index (χ3v) is 4.35. The minimum Gasteiger partial charge on any atom is -0.457 e. The molecule has 2 aromatic carbocycles. The van der Waals surface area contributed by atoms with E-state index in [0.29, 0.717) is 6.42 Å². The number of thioether (sulfide) groups is 1. The van der Waals surface area contributed by atoms with E-state index in [1.165, 1.54) is 5.56 Å². The Hall–Kier alpha value is -2.27. The molecule has 0 spiro atoms. The molecule has 0 aromatic heterocycles. The van der Waals surface area contributed by atoms with Crippen molar-refractivity contribution in [1.29, 1.82) is 0 Å². The number of carbonyl (C=O) groups excluding carboxylic acids is 2. The quantitative estimate of drug-likeness (QED) is 0.935.